The summed E-state index contributed by atoms with van der Waals surface area (Å²) in [5, 5.41) is 0. The minimum absolute atomic E-state index is 0.283. The maximum atomic E-state index is 13.0. The van der Waals surface area contributed by atoms with Crippen LogP contribution in [-0.4, -0.2) is 0 Å². The molecule has 1 nitrogen and oxygen atoms in total. The number of nitrogens with two attached hydrogens (primary N) is 1. The van der Waals surface area contributed by atoms with Gasteiger partial charge >= 0.3 is 0 Å². The Labute approximate surface area is 90.5 Å². The molecule has 0 aliphatic heterocycles. The van der Waals surface area contributed by atoms with Crippen LogP contribution in [0.3, 0.4) is 0 Å². The lowest BCUT2D eigenvalue weighted by atomic mass is 9.79. The van der Waals surface area contributed by atoms with E-state index in [1.54, 1.807) is 6.07 Å². The molecule has 0 amide bonds. The van der Waals surface area contributed by atoms with E-state index in [9.17, 15) is 4.39 Å². The highest BCUT2D eigenvalue weighted by atomic mass is 19.1. The molecule has 2 rings (SSSR count). The van der Waals surface area contributed by atoms with Crippen molar-refractivity contribution in [2.45, 2.75) is 38.5 Å². The molecule has 0 atom stereocenters. The molecular formula is C13H18FN. The summed E-state index contributed by atoms with van der Waals surface area (Å²) in [4.78, 5) is 0. The van der Waals surface area contributed by atoms with Gasteiger partial charge in [0.05, 0.1) is 5.69 Å². The van der Waals surface area contributed by atoms with E-state index in [1.165, 1.54) is 37.3 Å². The topological polar surface area (TPSA) is 26.0 Å². The molecule has 1 saturated carbocycles. The summed E-state index contributed by atoms with van der Waals surface area (Å²) in [6, 6.07) is 5.17. The first-order chi connectivity index (χ1) is 7.16. The van der Waals surface area contributed by atoms with Gasteiger partial charge in [0.2, 0.25) is 0 Å². The lowest BCUT2D eigenvalue weighted by molar-refractivity contribution is 0.348. The Morgan fingerprint density at radius 3 is 2.47 bits per heavy atom. The van der Waals surface area contributed by atoms with Crippen LogP contribution in [0, 0.1) is 11.7 Å². The summed E-state index contributed by atoms with van der Waals surface area (Å²) in [6.45, 7) is 2.30. The Kier molecular flexibility index (Phi) is 2.94. The van der Waals surface area contributed by atoms with Crippen molar-refractivity contribution in [1.82, 2.24) is 0 Å². The lowest BCUT2D eigenvalue weighted by Gasteiger charge is -2.26. The average Bonchev–Trinajstić information content (AvgIpc) is 2.23. The number of rotatable bonds is 1. The molecule has 0 spiro atoms. The quantitative estimate of drug-likeness (QED) is 0.698. The molecule has 1 aromatic carbocycles. The Morgan fingerprint density at radius 1 is 1.20 bits per heavy atom. The minimum atomic E-state index is -0.303. The second kappa shape index (κ2) is 4.21. The van der Waals surface area contributed by atoms with Crippen molar-refractivity contribution in [3.63, 3.8) is 0 Å². The Morgan fingerprint density at radius 2 is 1.87 bits per heavy atom. The monoisotopic (exact) mass is 207 g/mol. The molecule has 0 unspecified atom stereocenters. The zero-order valence-electron chi connectivity index (χ0n) is 9.17. The molecule has 0 saturated heterocycles. The van der Waals surface area contributed by atoms with Crippen molar-refractivity contribution in [1.29, 1.82) is 0 Å². The van der Waals surface area contributed by atoms with E-state index in [2.05, 4.69) is 6.92 Å². The van der Waals surface area contributed by atoms with Crippen molar-refractivity contribution < 1.29 is 4.39 Å². The Balaban J connectivity index is 2.12. The molecule has 1 fully saturated rings. The Bertz CT molecular complexity index is 340. The van der Waals surface area contributed by atoms with Gasteiger partial charge in [0, 0.05) is 0 Å². The van der Waals surface area contributed by atoms with E-state index in [0.717, 1.165) is 5.92 Å². The molecule has 1 aliphatic carbocycles. The van der Waals surface area contributed by atoms with E-state index in [-0.39, 0.29) is 11.5 Å². The van der Waals surface area contributed by atoms with Crippen molar-refractivity contribution in [2.24, 2.45) is 5.92 Å². The third kappa shape index (κ3) is 2.31. The first kappa shape index (κ1) is 10.5. The number of hydrogen-bond donors (Lipinski definition) is 1. The van der Waals surface area contributed by atoms with Crippen LogP contribution >= 0.6 is 0 Å². The van der Waals surface area contributed by atoms with Gasteiger partial charge in [0.25, 0.3) is 0 Å². The zero-order chi connectivity index (χ0) is 10.8. The molecule has 15 heavy (non-hydrogen) atoms. The summed E-state index contributed by atoms with van der Waals surface area (Å²) in [5.74, 6) is 1.13. The smallest absolute Gasteiger partial charge is 0.146 e. The summed E-state index contributed by atoms with van der Waals surface area (Å²) >= 11 is 0. The standard InChI is InChI=1S/C13H18FN/c1-9-2-4-10(5-3-9)11-6-7-12(14)13(15)8-11/h6-10H,2-5,15H2,1H3. The number of hydrogen-bond acceptors (Lipinski definition) is 1. The van der Waals surface area contributed by atoms with Gasteiger partial charge in [-0.2, -0.15) is 0 Å². The molecule has 1 aromatic rings. The summed E-state index contributed by atoms with van der Waals surface area (Å²) < 4.78 is 13.0. The van der Waals surface area contributed by atoms with Gasteiger partial charge in [-0.1, -0.05) is 25.8 Å². The van der Waals surface area contributed by atoms with Gasteiger partial charge in [-0.15, -0.1) is 0 Å². The van der Waals surface area contributed by atoms with Crippen LogP contribution in [0.2, 0.25) is 0 Å². The van der Waals surface area contributed by atoms with Crippen LogP contribution in [0.1, 0.15) is 44.1 Å². The van der Waals surface area contributed by atoms with E-state index >= 15 is 0 Å². The van der Waals surface area contributed by atoms with Gasteiger partial charge in [-0.3, -0.25) is 0 Å². The second-order valence-corrected chi connectivity index (χ2v) is 4.74. The van der Waals surface area contributed by atoms with Gasteiger partial charge in [0.1, 0.15) is 5.82 Å². The SMILES string of the molecule is CC1CCC(c2ccc(F)c(N)c2)CC1. The normalized spacial score (nSPS) is 26.5. The largest absolute Gasteiger partial charge is 0.396 e. The van der Waals surface area contributed by atoms with Crippen LogP contribution in [0.15, 0.2) is 18.2 Å². The first-order valence-electron chi connectivity index (χ1n) is 5.71. The highest BCUT2D eigenvalue weighted by Gasteiger charge is 2.20. The maximum Gasteiger partial charge on any atom is 0.146 e. The second-order valence-electron chi connectivity index (χ2n) is 4.74. The molecule has 1 aliphatic rings. The van der Waals surface area contributed by atoms with Crippen LogP contribution in [-0.2, 0) is 0 Å². The van der Waals surface area contributed by atoms with Gasteiger partial charge < -0.3 is 5.73 Å². The molecule has 0 aromatic heterocycles. The van der Waals surface area contributed by atoms with Crippen molar-refractivity contribution >= 4 is 5.69 Å². The van der Waals surface area contributed by atoms with E-state index in [0.29, 0.717) is 5.92 Å². The van der Waals surface area contributed by atoms with Gasteiger partial charge in [-0.05, 0) is 42.4 Å². The van der Waals surface area contributed by atoms with Gasteiger partial charge in [0.15, 0.2) is 0 Å². The predicted octanol–water partition coefficient (Wildman–Crippen LogP) is 3.70. The molecular weight excluding hydrogens is 189 g/mol. The van der Waals surface area contributed by atoms with E-state index in [1.807, 2.05) is 6.07 Å². The van der Waals surface area contributed by atoms with Crippen molar-refractivity contribution in [3.05, 3.63) is 29.6 Å². The molecule has 82 valence electrons. The van der Waals surface area contributed by atoms with Crippen LogP contribution in [0.4, 0.5) is 10.1 Å². The van der Waals surface area contributed by atoms with E-state index in [4.69, 9.17) is 5.73 Å². The molecule has 0 heterocycles. The van der Waals surface area contributed by atoms with Crippen LogP contribution in [0.5, 0.6) is 0 Å². The minimum Gasteiger partial charge on any atom is -0.396 e. The molecule has 0 radical (unpaired) electrons. The molecule has 2 heteroatoms. The third-order valence-corrected chi connectivity index (χ3v) is 3.51. The fraction of sp³-hybridized carbons (Fsp3) is 0.538. The summed E-state index contributed by atoms with van der Waals surface area (Å²) in [5.41, 5.74) is 7.07. The van der Waals surface area contributed by atoms with E-state index < -0.39 is 0 Å². The summed E-state index contributed by atoms with van der Waals surface area (Å²) in [7, 11) is 0. The highest BCUT2D eigenvalue weighted by molar-refractivity contribution is 5.43. The number of nitrogen functional groups attached to an aromatic ring is 1. The lowest BCUT2D eigenvalue weighted by Crippen LogP contribution is -2.11. The molecule has 2 N–H and O–H groups in total. The zero-order valence-corrected chi connectivity index (χ0v) is 9.17. The predicted molar refractivity (Wildman–Crippen MR) is 61.2 cm³/mol. The number of halogens is 1. The Hall–Kier alpha value is -1.05. The fourth-order valence-corrected chi connectivity index (χ4v) is 2.41. The molecule has 0 bridgehead atoms. The fourth-order valence-electron chi connectivity index (χ4n) is 2.41. The highest BCUT2D eigenvalue weighted by Crippen LogP contribution is 2.36. The first-order valence-corrected chi connectivity index (χ1v) is 5.71. The maximum absolute atomic E-state index is 13.0. The number of benzene rings is 1. The average molecular weight is 207 g/mol. The van der Waals surface area contributed by atoms with Gasteiger partial charge in [-0.25, -0.2) is 4.39 Å². The van der Waals surface area contributed by atoms with Crippen LogP contribution < -0.4 is 5.73 Å². The number of anilines is 1. The van der Waals surface area contributed by atoms with Crippen molar-refractivity contribution in [2.75, 3.05) is 5.73 Å². The van der Waals surface area contributed by atoms with Crippen LogP contribution in [0.25, 0.3) is 0 Å². The summed E-state index contributed by atoms with van der Waals surface area (Å²) in [6.07, 6.45) is 4.99. The van der Waals surface area contributed by atoms with Crippen molar-refractivity contribution in [3.8, 4) is 0 Å². The third-order valence-electron chi connectivity index (χ3n) is 3.51.